The number of rotatable bonds is 4. The fourth-order valence-corrected chi connectivity index (χ4v) is 2.82. The molecule has 0 fully saturated rings. The first kappa shape index (κ1) is 14.3. The van der Waals surface area contributed by atoms with Crippen LogP contribution in [0.15, 0.2) is 22.7 Å². The minimum Gasteiger partial charge on any atom is -0.308 e. The SMILES string of the molecule is Cc1ccc(CNCc2c(C)nn(C)c2C)c(Br)c1. The molecule has 1 aromatic carbocycles. The van der Waals surface area contributed by atoms with Gasteiger partial charge in [0, 0.05) is 35.9 Å². The van der Waals surface area contributed by atoms with Crippen molar-refractivity contribution in [2.75, 3.05) is 0 Å². The number of aromatic nitrogens is 2. The van der Waals surface area contributed by atoms with Crippen LogP contribution in [0.2, 0.25) is 0 Å². The second-order valence-corrected chi connectivity index (χ2v) is 5.83. The molecule has 1 aromatic heterocycles. The molecule has 0 bridgehead atoms. The van der Waals surface area contributed by atoms with Gasteiger partial charge in [-0.3, -0.25) is 4.68 Å². The van der Waals surface area contributed by atoms with E-state index in [1.807, 2.05) is 11.7 Å². The van der Waals surface area contributed by atoms with Gasteiger partial charge in [0.15, 0.2) is 0 Å². The summed E-state index contributed by atoms with van der Waals surface area (Å²) in [6.07, 6.45) is 0. The summed E-state index contributed by atoms with van der Waals surface area (Å²) < 4.78 is 3.10. The lowest BCUT2D eigenvalue weighted by Crippen LogP contribution is -2.14. The van der Waals surface area contributed by atoms with E-state index in [4.69, 9.17) is 0 Å². The van der Waals surface area contributed by atoms with Gasteiger partial charge < -0.3 is 5.32 Å². The minimum atomic E-state index is 0.853. The second-order valence-electron chi connectivity index (χ2n) is 4.97. The molecule has 1 N–H and O–H groups in total. The Morgan fingerprint density at radius 3 is 2.53 bits per heavy atom. The molecule has 0 amide bonds. The van der Waals surface area contributed by atoms with Crippen molar-refractivity contribution in [3.63, 3.8) is 0 Å². The molecule has 0 radical (unpaired) electrons. The first-order valence-corrected chi connectivity index (χ1v) is 7.23. The molecule has 2 rings (SSSR count). The van der Waals surface area contributed by atoms with E-state index < -0.39 is 0 Å². The lowest BCUT2D eigenvalue weighted by atomic mass is 10.1. The monoisotopic (exact) mass is 321 g/mol. The maximum atomic E-state index is 4.43. The van der Waals surface area contributed by atoms with E-state index in [1.165, 1.54) is 26.9 Å². The van der Waals surface area contributed by atoms with Crippen LogP contribution in [-0.4, -0.2) is 9.78 Å². The Balaban J connectivity index is 2.00. The number of halogens is 1. The van der Waals surface area contributed by atoms with Gasteiger partial charge in [0.2, 0.25) is 0 Å². The standard InChI is InChI=1S/C15H20BrN3/c1-10-5-6-13(15(16)7-10)8-17-9-14-11(2)18-19(4)12(14)3/h5-7,17H,8-9H2,1-4H3. The highest BCUT2D eigenvalue weighted by Gasteiger charge is 2.08. The zero-order valence-corrected chi connectivity index (χ0v) is 13.5. The first-order valence-electron chi connectivity index (χ1n) is 6.44. The zero-order valence-electron chi connectivity index (χ0n) is 11.9. The fraction of sp³-hybridized carbons (Fsp3) is 0.400. The van der Waals surface area contributed by atoms with Crippen LogP contribution in [0, 0.1) is 20.8 Å². The summed E-state index contributed by atoms with van der Waals surface area (Å²) >= 11 is 3.61. The van der Waals surface area contributed by atoms with Crippen LogP contribution in [0.3, 0.4) is 0 Å². The van der Waals surface area contributed by atoms with Crippen LogP contribution in [0.25, 0.3) is 0 Å². The predicted octanol–water partition coefficient (Wildman–Crippen LogP) is 3.40. The van der Waals surface area contributed by atoms with Gasteiger partial charge in [-0.25, -0.2) is 0 Å². The zero-order chi connectivity index (χ0) is 14.0. The summed E-state index contributed by atoms with van der Waals surface area (Å²) in [6.45, 7) is 7.98. The summed E-state index contributed by atoms with van der Waals surface area (Å²) in [6, 6.07) is 6.45. The van der Waals surface area contributed by atoms with Gasteiger partial charge >= 0.3 is 0 Å². The number of hydrogen-bond acceptors (Lipinski definition) is 2. The summed E-state index contributed by atoms with van der Waals surface area (Å²) in [4.78, 5) is 0. The molecule has 2 aromatic rings. The van der Waals surface area contributed by atoms with Crippen LogP contribution < -0.4 is 5.32 Å². The highest BCUT2D eigenvalue weighted by atomic mass is 79.9. The average Bonchev–Trinajstić information content (AvgIpc) is 2.58. The maximum Gasteiger partial charge on any atom is 0.0641 e. The third-order valence-electron chi connectivity index (χ3n) is 3.48. The van der Waals surface area contributed by atoms with E-state index in [9.17, 15) is 0 Å². The van der Waals surface area contributed by atoms with Gasteiger partial charge in [-0.1, -0.05) is 28.1 Å². The van der Waals surface area contributed by atoms with E-state index >= 15 is 0 Å². The Morgan fingerprint density at radius 2 is 1.95 bits per heavy atom. The Labute approximate surface area is 123 Å². The smallest absolute Gasteiger partial charge is 0.0641 e. The molecular weight excluding hydrogens is 302 g/mol. The van der Waals surface area contributed by atoms with Crippen LogP contribution in [0.5, 0.6) is 0 Å². The highest BCUT2D eigenvalue weighted by Crippen LogP contribution is 2.18. The predicted molar refractivity (Wildman–Crippen MR) is 82.1 cm³/mol. The van der Waals surface area contributed by atoms with E-state index in [1.54, 1.807) is 0 Å². The topological polar surface area (TPSA) is 29.9 Å². The Bertz CT molecular complexity index is 587. The fourth-order valence-electron chi connectivity index (χ4n) is 2.19. The van der Waals surface area contributed by atoms with Crippen molar-refractivity contribution in [2.45, 2.75) is 33.9 Å². The number of nitrogens with one attached hydrogen (secondary N) is 1. The van der Waals surface area contributed by atoms with E-state index in [0.29, 0.717) is 0 Å². The van der Waals surface area contributed by atoms with Crippen LogP contribution in [-0.2, 0) is 20.1 Å². The van der Waals surface area contributed by atoms with Crippen molar-refractivity contribution < 1.29 is 0 Å². The van der Waals surface area contributed by atoms with Crippen LogP contribution in [0.4, 0.5) is 0 Å². The average molecular weight is 322 g/mol. The second kappa shape index (κ2) is 5.88. The molecule has 0 atom stereocenters. The third-order valence-corrected chi connectivity index (χ3v) is 4.22. The van der Waals surface area contributed by atoms with Gasteiger partial charge in [0.05, 0.1) is 5.69 Å². The molecule has 4 heteroatoms. The van der Waals surface area contributed by atoms with E-state index in [-0.39, 0.29) is 0 Å². The highest BCUT2D eigenvalue weighted by molar-refractivity contribution is 9.10. The molecule has 1 heterocycles. The van der Waals surface area contributed by atoms with Crippen molar-refractivity contribution >= 4 is 15.9 Å². The lowest BCUT2D eigenvalue weighted by Gasteiger charge is -2.08. The van der Waals surface area contributed by atoms with Gasteiger partial charge in [-0.05, 0) is 38.0 Å². The first-order chi connectivity index (χ1) is 8.99. The van der Waals surface area contributed by atoms with E-state index in [2.05, 4.69) is 65.3 Å². The van der Waals surface area contributed by atoms with Gasteiger partial charge in [0.25, 0.3) is 0 Å². The normalized spacial score (nSPS) is 11.0. The molecule has 3 nitrogen and oxygen atoms in total. The van der Waals surface area contributed by atoms with Crippen molar-refractivity contribution in [3.05, 3.63) is 50.8 Å². The molecule has 0 unspecified atom stereocenters. The summed E-state index contributed by atoms with van der Waals surface area (Å²) in [5, 5.41) is 7.92. The number of aryl methyl sites for hydroxylation is 3. The molecule has 0 aliphatic heterocycles. The summed E-state index contributed by atoms with van der Waals surface area (Å²) in [7, 11) is 1.99. The maximum absolute atomic E-state index is 4.43. The molecular formula is C15H20BrN3. The largest absolute Gasteiger partial charge is 0.308 e. The lowest BCUT2D eigenvalue weighted by molar-refractivity contribution is 0.682. The molecule has 102 valence electrons. The summed E-state index contributed by atoms with van der Waals surface area (Å²) in [5.74, 6) is 0. The molecule has 0 saturated carbocycles. The quantitative estimate of drug-likeness (QED) is 0.935. The van der Waals surface area contributed by atoms with E-state index in [0.717, 1.165) is 18.8 Å². The minimum absolute atomic E-state index is 0.853. The van der Waals surface area contributed by atoms with Crippen LogP contribution >= 0.6 is 15.9 Å². The Kier molecular flexibility index (Phi) is 4.42. The van der Waals surface area contributed by atoms with Crippen molar-refractivity contribution in [1.29, 1.82) is 0 Å². The van der Waals surface area contributed by atoms with Crippen molar-refractivity contribution in [3.8, 4) is 0 Å². The Morgan fingerprint density at radius 1 is 1.21 bits per heavy atom. The number of benzene rings is 1. The molecule has 0 aliphatic rings. The molecule has 0 saturated heterocycles. The molecule has 0 aliphatic carbocycles. The molecule has 19 heavy (non-hydrogen) atoms. The Hall–Kier alpha value is -1.13. The van der Waals surface area contributed by atoms with Crippen molar-refractivity contribution in [2.24, 2.45) is 7.05 Å². The summed E-state index contributed by atoms with van der Waals surface area (Å²) in [5.41, 5.74) is 6.19. The molecule has 0 spiro atoms. The van der Waals surface area contributed by atoms with Gasteiger partial charge in [-0.2, -0.15) is 5.10 Å². The van der Waals surface area contributed by atoms with Crippen molar-refractivity contribution in [1.82, 2.24) is 15.1 Å². The number of hydrogen-bond donors (Lipinski definition) is 1. The van der Waals surface area contributed by atoms with Gasteiger partial charge in [0.1, 0.15) is 0 Å². The van der Waals surface area contributed by atoms with Gasteiger partial charge in [-0.15, -0.1) is 0 Å². The number of nitrogens with zero attached hydrogens (tertiary/aromatic N) is 2. The third kappa shape index (κ3) is 3.25. The van der Waals surface area contributed by atoms with Crippen LogP contribution in [0.1, 0.15) is 28.1 Å².